The van der Waals surface area contributed by atoms with E-state index in [0.717, 1.165) is 12.5 Å². The lowest BCUT2D eigenvalue weighted by Crippen LogP contribution is -2.03. The molecule has 0 fully saturated rings. The first-order valence-corrected chi connectivity index (χ1v) is 5.08. The smallest absolute Gasteiger partial charge is 0.0385 e. The SMILES string of the molecule is CCCCN=CC1CC=CCC1. The second kappa shape index (κ2) is 5.99. The van der Waals surface area contributed by atoms with Crippen molar-refractivity contribution in [2.45, 2.75) is 39.0 Å². The van der Waals surface area contributed by atoms with Crippen molar-refractivity contribution in [2.75, 3.05) is 6.54 Å². The Balaban J connectivity index is 2.12. The highest BCUT2D eigenvalue weighted by atomic mass is 14.7. The Hall–Kier alpha value is -0.590. The summed E-state index contributed by atoms with van der Waals surface area (Å²) in [5.74, 6) is 0.729. The average molecular weight is 165 g/mol. The van der Waals surface area contributed by atoms with E-state index < -0.39 is 0 Å². The van der Waals surface area contributed by atoms with Gasteiger partial charge in [0.2, 0.25) is 0 Å². The van der Waals surface area contributed by atoms with E-state index in [1.54, 1.807) is 0 Å². The summed E-state index contributed by atoms with van der Waals surface area (Å²) < 4.78 is 0. The van der Waals surface area contributed by atoms with Crippen molar-refractivity contribution < 1.29 is 0 Å². The van der Waals surface area contributed by atoms with Crippen LogP contribution in [0.5, 0.6) is 0 Å². The predicted octanol–water partition coefficient (Wildman–Crippen LogP) is 3.21. The van der Waals surface area contributed by atoms with E-state index in [1.807, 2.05) is 0 Å². The Morgan fingerprint density at radius 3 is 3.08 bits per heavy atom. The summed E-state index contributed by atoms with van der Waals surface area (Å²) in [5, 5.41) is 0. The van der Waals surface area contributed by atoms with Gasteiger partial charge < -0.3 is 0 Å². The predicted molar refractivity (Wildman–Crippen MR) is 54.7 cm³/mol. The Morgan fingerprint density at radius 1 is 1.50 bits per heavy atom. The molecule has 68 valence electrons. The molecule has 0 aliphatic heterocycles. The fourth-order valence-electron chi connectivity index (χ4n) is 1.43. The topological polar surface area (TPSA) is 12.4 Å². The van der Waals surface area contributed by atoms with Gasteiger partial charge in [-0.25, -0.2) is 0 Å². The molecule has 0 saturated heterocycles. The number of aliphatic imine (C=N–C) groups is 1. The van der Waals surface area contributed by atoms with E-state index in [2.05, 4.69) is 30.3 Å². The Labute approximate surface area is 75.6 Å². The summed E-state index contributed by atoms with van der Waals surface area (Å²) in [4.78, 5) is 4.43. The first-order valence-electron chi connectivity index (χ1n) is 5.08. The average Bonchev–Trinajstić information content (AvgIpc) is 2.14. The number of hydrogen-bond acceptors (Lipinski definition) is 1. The molecule has 0 amide bonds. The van der Waals surface area contributed by atoms with E-state index >= 15 is 0 Å². The van der Waals surface area contributed by atoms with E-state index in [1.165, 1.54) is 32.1 Å². The summed E-state index contributed by atoms with van der Waals surface area (Å²) in [5.41, 5.74) is 0. The van der Waals surface area contributed by atoms with E-state index in [9.17, 15) is 0 Å². The number of hydrogen-bond donors (Lipinski definition) is 0. The zero-order valence-electron chi connectivity index (χ0n) is 8.00. The van der Waals surface area contributed by atoms with Crippen molar-refractivity contribution in [3.05, 3.63) is 12.2 Å². The largest absolute Gasteiger partial charge is 0.297 e. The molecule has 0 saturated carbocycles. The maximum atomic E-state index is 4.43. The summed E-state index contributed by atoms with van der Waals surface area (Å²) in [6.07, 6.45) is 12.9. The lowest BCUT2D eigenvalue weighted by Gasteiger charge is -2.11. The normalized spacial score (nSPS) is 23.6. The van der Waals surface area contributed by atoms with Gasteiger partial charge in [-0.15, -0.1) is 0 Å². The molecule has 1 nitrogen and oxygen atoms in total. The Bertz CT molecular complexity index is 158. The minimum absolute atomic E-state index is 0.729. The van der Waals surface area contributed by atoms with Gasteiger partial charge >= 0.3 is 0 Å². The quantitative estimate of drug-likeness (QED) is 0.344. The monoisotopic (exact) mass is 165 g/mol. The van der Waals surface area contributed by atoms with Crippen LogP contribution in [-0.2, 0) is 0 Å². The van der Waals surface area contributed by atoms with Crippen molar-refractivity contribution in [3.63, 3.8) is 0 Å². The van der Waals surface area contributed by atoms with Crippen LogP contribution in [0.3, 0.4) is 0 Å². The molecule has 0 aromatic heterocycles. The van der Waals surface area contributed by atoms with Crippen molar-refractivity contribution in [1.29, 1.82) is 0 Å². The van der Waals surface area contributed by atoms with Crippen molar-refractivity contribution in [3.8, 4) is 0 Å². The van der Waals surface area contributed by atoms with Gasteiger partial charge in [0.25, 0.3) is 0 Å². The number of allylic oxidation sites excluding steroid dienone is 2. The van der Waals surface area contributed by atoms with Gasteiger partial charge in [-0.05, 0) is 31.6 Å². The molecule has 1 unspecified atom stereocenters. The van der Waals surface area contributed by atoms with Crippen molar-refractivity contribution in [2.24, 2.45) is 10.9 Å². The molecule has 1 rings (SSSR count). The number of unbranched alkanes of at least 4 members (excludes halogenated alkanes) is 1. The molecule has 1 atom stereocenters. The maximum Gasteiger partial charge on any atom is 0.0385 e. The van der Waals surface area contributed by atoms with Gasteiger partial charge in [0.05, 0.1) is 0 Å². The minimum atomic E-state index is 0.729. The van der Waals surface area contributed by atoms with Crippen LogP contribution in [-0.4, -0.2) is 12.8 Å². The number of rotatable bonds is 4. The second-order valence-corrected chi connectivity index (χ2v) is 3.45. The van der Waals surface area contributed by atoms with Crippen molar-refractivity contribution >= 4 is 6.21 Å². The first-order chi connectivity index (χ1) is 5.93. The molecular formula is C11H19N. The molecule has 1 aliphatic rings. The Kier molecular flexibility index (Phi) is 4.74. The van der Waals surface area contributed by atoms with Gasteiger partial charge in [0.1, 0.15) is 0 Å². The molecule has 0 spiro atoms. The fourth-order valence-corrected chi connectivity index (χ4v) is 1.43. The third kappa shape index (κ3) is 3.70. The number of nitrogens with zero attached hydrogens (tertiary/aromatic N) is 1. The highest BCUT2D eigenvalue weighted by Gasteiger charge is 2.05. The van der Waals surface area contributed by atoms with Crippen LogP contribution in [0.1, 0.15) is 39.0 Å². The second-order valence-electron chi connectivity index (χ2n) is 3.45. The molecule has 0 heterocycles. The van der Waals surface area contributed by atoms with Crippen LogP contribution in [0.15, 0.2) is 17.1 Å². The molecule has 12 heavy (non-hydrogen) atoms. The van der Waals surface area contributed by atoms with Crippen molar-refractivity contribution in [1.82, 2.24) is 0 Å². The molecule has 0 radical (unpaired) electrons. The zero-order valence-corrected chi connectivity index (χ0v) is 8.00. The standard InChI is InChI=1S/C11H19N/c1-2-3-9-12-10-11-7-5-4-6-8-11/h4-5,10-11H,2-3,6-9H2,1H3. The summed E-state index contributed by atoms with van der Waals surface area (Å²) in [6, 6.07) is 0. The fraction of sp³-hybridized carbons (Fsp3) is 0.727. The first kappa shape index (κ1) is 9.50. The van der Waals surface area contributed by atoms with E-state index in [-0.39, 0.29) is 0 Å². The molecule has 0 N–H and O–H groups in total. The summed E-state index contributed by atoms with van der Waals surface area (Å²) in [6.45, 7) is 3.23. The third-order valence-corrected chi connectivity index (χ3v) is 2.27. The maximum absolute atomic E-state index is 4.43. The van der Waals surface area contributed by atoms with Crippen LogP contribution in [0.2, 0.25) is 0 Å². The molecule has 1 aliphatic carbocycles. The Morgan fingerprint density at radius 2 is 2.42 bits per heavy atom. The van der Waals surface area contributed by atoms with Gasteiger partial charge in [-0.1, -0.05) is 25.5 Å². The molecule has 0 bridgehead atoms. The van der Waals surface area contributed by atoms with Crippen LogP contribution in [0.25, 0.3) is 0 Å². The molecular weight excluding hydrogens is 146 g/mol. The summed E-state index contributed by atoms with van der Waals surface area (Å²) in [7, 11) is 0. The lowest BCUT2D eigenvalue weighted by molar-refractivity contribution is 0.624. The van der Waals surface area contributed by atoms with E-state index in [4.69, 9.17) is 0 Å². The van der Waals surface area contributed by atoms with Gasteiger partial charge in [-0.3, -0.25) is 4.99 Å². The van der Waals surface area contributed by atoms with Crippen LogP contribution in [0.4, 0.5) is 0 Å². The highest BCUT2D eigenvalue weighted by molar-refractivity contribution is 5.61. The van der Waals surface area contributed by atoms with Gasteiger partial charge in [0, 0.05) is 12.8 Å². The van der Waals surface area contributed by atoms with Crippen LogP contribution < -0.4 is 0 Å². The lowest BCUT2D eigenvalue weighted by atomic mass is 9.96. The third-order valence-electron chi connectivity index (χ3n) is 2.27. The van der Waals surface area contributed by atoms with Gasteiger partial charge in [-0.2, -0.15) is 0 Å². The van der Waals surface area contributed by atoms with E-state index in [0.29, 0.717) is 0 Å². The van der Waals surface area contributed by atoms with Crippen LogP contribution >= 0.6 is 0 Å². The zero-order chi connectivity index (χ0) is 8.65. The van der Waals surface area contributed by atoms with Crippen LogP contribution in [0, 0.1) is 5.92 Å². The molecule has 1 heteroatoms. The van der Waals surface area contributed by atoms with Gasteiger partial charge in [0.15, 0.2) is 0 Å². The molecule has 0 aromatic rings. The summed E-state index contributed by atoms with van der Waals surface area (Å²) >= 11 is 0. The highest BCUT2D eigenvalue weighted by Crippen LogP contribution is 2.15. The minimum Gasteiger partial charge on any atom is -0.297 e. The molecule has 0 aromatic carbocycles.